The molecule has 3 heterocycles. The van der Waals surface area contributed by atoms with Crippen LogP contribution in [0.4, 0.5) is 0 Å². The highest BCUT2D eigenvalue weighted by atomic mass is 32.2. The predicted octanol–water partition coefficient (Wildman–Crippen LogP) is 2.22. The second-order valence-electron chi connectivity index (χ2n) is 7.47. The molecular weight excluding hydrogens is 446 g/mol. The lowest BCUT2D eigenvalue weighted by atomic mass is 10.1. The van der Waals surface area contributed by atoms with Gasteiger partial charge in [-0.1, -0.05) is 6.07 Å². The van der Waals surface area contributed by atoms with Gasteiger partial charge in [-0.2, -0.15) is 0 Å². The Labute approximate surface area is 190 Å². The van der Waals surface area contributed by atoms with Crippen molar-refractivity contribution in [3.63, 3.8) is 0 Å². The monoisotopic (exact) mass is 469 g/mol. The summed E-state index contributed by atoms with van der Waals surface area (Å²) in [5.74, 6) is 0.675. The Hall–Kier alpha value is -3.73. The van der Waals surface area contributed by atoms with Crippen LogP contribution in [-0.2, 0) is 9.84 Å². The Bertz CT molecular complexity index is 1450. The average Bonchev–Trinajstić information content (AvgIpc) is 3.12. The van der Waals surface area contributed by atoms with Crippen molar-refractivity contribution in [3.8, 4) is 22.6 Å². The van der Waals surface area contributed by atoms with E-state index in [2.05, 4.69) is 19.9 Å². The fourth-order valence-electron chi connectivity index (χ4n) is 3.68. The van der Waals surface area contributed by atoms with E-state index in [1.54, 1.807) is 42.9 Å². The molecule has 172 valence electrons. The van der Waals surface area contributed by atoms with Crippen LogP contribution in [0.15, 0.2) is 54.0 Å². The number of nitrogens with zero attached hydrogens (tertiary/aromatic N) is 4. The third-order valence-electron chi connectivity index (χ3n) is 5.09. The van der Waals surface area contributed by atoms with Gasteiger partial charge < -0.3 is 14.5 Å². The van der Waals surface area contributed by atoms with Crippen LogP contribution in [0.5, 0.6) is 11.5 Å². The van der Waals surface area contributed by atoms with Gasteiger partial charge in [0.15, 0.2) is 17.1 Å². The van der Waals surface area contributed by atoms with Crippen LogP contribution in [0.3, 0.4) is 0 Å². The Kier molecular flexibility index (Phi) is 6.14. The average molecular weight is 470 g/mol. The molecule has 1 aromatic carbocycles. The number of benzene rings is 1. The zero-order valence-electron chi connectivity index (χ0n) is 18.3. The van der Waals surface area contributed by atoms with E-state index < -0.39 is 21.6 Å². The fraction of sp³-hybridized carbons (Fsp3) is 0.273. The largest absolute Gasteiger partial charge is 0.493 e. The lowest BCUT2D eigenvalue weighted by molar-refractivity contribution is 0.310. The molecule has 11 heteroatoms. The van der Waals surface area contributed by atoms with E-state index in [0.717, 1.165) is 17.4 Å². The molecule has 0 aliphatic carbocycles. The standard InChI is InChI=1S/C22H23N5O5S/c1-4-32-20-8-14(5-6-19(20)31-2)18(12-33(3,29)30)27-21-17(26-22(27)28)7-15(11-25-21)16-9-23-13-24-10-16/h5-11,13,18H,4,12H2,1-3H3,(H,26,28)/t18-/m0/s1. The van der Waals surface area contributed by atoms with Gasteiger partial charge in [0, 0.05) is 36.0 Å². The van der Waals surface area contributed by atoms with Crippen molar-refractivity contribution in [2.24, 2.45) is 0 Å². The number of pyridine rings is 1. The number of hydrogen-bond acceptors (Lipinski definition) is 8. The topological polar surface area (TPSA) is 129 Å². The first-order valence-electron chi connectivity index (χ1n) is 10.1. The molecule has 0 unspecified atom stereocenters. The van der Waals surface area contributed by atoms with Crippen molar-refractivity contribution < 1.29 is 17.9 Å². The van der Waals surface area contributed by atoms with Crippen LogP contribution >= 0.6 is 0 Å². The van der Waals surface area contributed by atoms with Crippen LogP contribution < -0.4 is 15.2 Å². The molecular formula is C22H23N5O5S. The van der Waals surface area contributed by atoms with Crippen LogP contribution in [0.2, 0.25) is 0 Å². The molecule has 0 saturated carbocycles. The third-order valence-corrected chi connectivity index (χ3v) is 6.01. The number of imidazole rings is 1. The molecule has 1 N–H and O–H groups in total. The molecule has 1 atom stereocenters. The Morgan fingerprint density at radius 3 is 2.52 bits per heavy atom. The van der Waals surface area contributed by atoms with E-state index in [1.165, 1.54) is 18.0 Å². The number of aromatic nitrogens is 5. The van der Waals surface area contributed by atoms with Crippen molar-refractivity contribution in [2.75, 3.05) is 25.7 Å². The number of ether oxygens (including phenoxy) is 2. The molecule has 3 aromatic heterocycles. The number of methoxy groups -OCH3 is 1. The van der Waals surface area contributed by atoms with Gasteiger partial charge in [0.1, 0.15) is 16.2 Å². The van der Waals surface area contributed by atoms with E-state index in [0.29, 0.717) is 34.8 Å². The minimum Gasteiger partial charge on any atom is -0.493 e. The summed E-state index contributed by atoms with van der Waals surface area (Å²) in [6.07, 6.45) is 7.44. The molecule has 0 saturated heterocycles. The van der Waals surface area contributed by atoms with Crippen LogP contribution in [0, 0.1) is 0 Å². The highest BCUT2D eigenvalue weighted by molar-refractivity contribution is 7.90. The second kappa shape index (κ2) is 9.02. The van der Waals surface area contributed by atoms with Crippen molar-refractivity contribution in [1.29, 1.82) is 0 Å². The van der Waals surface area contributed by atoms with Gasteiger partial charge in [-0.15, -0.1) is 0 Å². The van der Waals surface area contributed by atoms with Crippen molar-refractivity contribution in [1.82, 2.24) is 24.5 Å². The summed E-state index contributed by atoms with van der Waals surface area (Å²) in [4.78, 5) is 28.3. The fourth-order valence-corrected chi connectivity index (χ4v) is 4.60. The molecule has 4 aromatic rings. The summed E-state index contributed by atoms with van der Waals surface area (Å²) >= 11 is 0. The number of sulfone groups is 1. The quantitative estimate of drug-likeness (QED) is 0.416. The molecule has 4 rings (SSSR count). The van der Waals surface area contributed by atoms with Crippen LogP contribution in [-0.4, -0.2) is 58.6 Å². The Morgan fingerprint density at radius 2 is 1.85 bits per heavy atom. The first-order valence-corrected chi connectivity index (χ1v) is 12.2. The molecule has 0 spiro atoms. The maximum Gasteiger partial charge on any atom is 0.328 e. The first-order chi connectivity index (χ1) is 15.8. The Morgan fingerprint density at radius 1 is 1.09 bits per heavy atom. The predicted molar refractivity (Wildman–Crippen MR) is 123 cm³/mol. The minimum absolute atomic E-state index is 0.298. The minimum atomic E-state index is -3.46. The maximum atomic E-state index is 13.0. The lowest BCUT2D eigenvalue weighted by Gasteiger charge is -2.20. The SMILES string of the molecule is CCOc1cc([C@H](CS(C)(=O)=O)n2c(=O)[nH]c3cc(-c4cncnc4)cnc32)ccc1OC. The van der Waals surface area contributed by atoms with Gasteiger partial charge in [-0.25, -0.2) is 28.2 Å². The van der Waals surface area contributed by atoms with E-state index in [1.807, 2.05) is 6.92 Å². The summed E-state index contributed by atoms with van der Waals surface area (Å²) < 4.78 is 37.0. The molecule has 0 fully saturated rings. The molecule has 0 bridgehead atoms. The zero-order chi connectivity index (χ0) is 23.6. The number of rotatable bonds is 8. The summed E-state index contributed by atoms with van der Waals surface area (Å²) in [5.41, 5.74) is 2.38. The van der Waals surface area contributed by atoms with Gasteiger partial charge in [0.05, 0.1) is 31.0 Å². The highest BCUT2D eigenvalue weighted by Gasteiger charge is 2.25. The van der Waals surface area contributed by atoms with E-state index >= 15 is 0 Å². The molecule has 0 amide bonds. The summed E-state index contributed by atoms with van der Waals surface area (Å²) in [6.45, 7) is 2.24. The molecule has 0 aliphatic rings. The number of hydrogen-bond donors (Lipinski definition) is 1. The van der Waals surface area contributed by atoms with Gasteiger partial charge >= 0.3 is 5.69 Å². The summed E-state index contributed by atoms with van der Waals surface area (Å²) in [5, 5.41) is 0. The third kappa shape index (κ3) is 4.72. The molecule has 0 aliphatic heterocycles. The van der Waals surface area contributed by atoms with Gasteiger partial charge in [0.25, 0.3) is 0 Å². The molecule has 0 radical (unpaired) electrons. The maximum absolute atomic E-state index is 13.0. The highest BCUT2D eigenvalue weighted by Crippen LogP contribution is 2.33. The number of nitrogens with one attached hydrogen (secondary N) is 1. The normalized spacial score (nSPS) is 12.6. The van der Waals surface area contributed by atoms with E-state index in [9.17, 15) is 13.2 Å². The molecule has 10 nitrogen and oxygen atoms in total. The van der Waals surface area contributed by atoms with E-state index in [4.69, 9.17) is 9.47 Å². The summed E-state index contributed by atoms with van der Waals surface area (Å²) in [7, 11) is -1.94. The first kappa shape index (κ1) is 22.5. The van der Waals surface area contributed by atoms with Crippen LogP contribution in [0.25, 0.3) is 22.3 Å². The number of fused-ring (bicyclic) bond motifs is 1. The van der Waals surface area contributed by atoms with Gasteiger partial charge in [0.2, 0.25) is 0 Å². The smallest absolute Gasteiger partial charge is 0.328 e. The number of aromatic amines is 1. The summed E-state index contributed by atoms with van der Waals surface area (Å²) in [6, 6.07) is 6.04. The Balaban J connectivity index is 1.88. The van der Waals surface area contributed by atoms with Crippen LogP contribution in [0.1, 0.15) is 18.5 Å². The van der Waals surface area contributed by atoms with E-state index in [-0.39, 0.29) is 5.75 Å². The number of H-pyrrole nitrogens is 1. The van der Waals surface area contributed by atoms with Gasteiger partial charge in [-0.05, 0) is 30.7 Å². The van der Waals surface area contributed by atoms with Crippen molar-refractivity contribution in [3.05, 3.63) is 65.2 Å². The zero-order valence-corrected chi connectivity index (χ0v) is 19.2. The van der Waals surface area contributed by atoms with Crippen molar-refractivity contribution in [2.45, 2.75) is 13.0 Å². The lowest BCUT2D eigenvalue weighted by Crippen LogP contribution is -2.28. The van der Waals surface area contributed by atoms with Crippen molar-refractivity contribution >= 4 is 21.0 Å². The van der Waals surface area contributed by atoms with Gasteiger partial charge in [-0.3, -0.25) is 4.57 Å². The molecule has 33 heavy (non-hydrogen) atoms. The second-order valence-corrected chi connectivity index (χ2v) is 9.66.